The van der Waals surface area contributed by atoms with E-state index in [2.05, 4.69) is 15.9 Å². The van der Waals surface area contributed by atoms with E-state index < -0.39 is 0 Å². The van der Waals surface area contributed by atoms with Crippen molar-refractivity contribution in [3.05, 3.63) is 63.9 Å². The van der Waals surface area contributed by atoms with E-state index in [1.165, 1.54) is 6.07 Å². The van der Waals surface area contributed by atoms with Crippen molar-refractivity contribution in [2.45, 2.75) is 13.2 Å². The molecular formula is C14H13BrFNO. The molecule has 2 rings (SSSR count). The molecule has 0 aromatic heterocycles. The zero-order valence-corrected chi connectivity index (χ0v) is 11.3. The Labute approximate surface area is 114 Å². The molecule has 18 heavy (non-hydrogen) atoms. The van der Waals surface area contributed by atoms with Crippen LogP contribution in [0, 0.1) is 5.82 Å². The van der Waals surface area contributed by atoms with Crippen LogP contribution in [0.3, 0.4) is 0 Å². The lowest BCUT2D eigenvalue weighted by Crippen LogP contribution is -2.04. The van der Waals surface area contributed by atoms with Crippen LogP contribution in [0.15, 0.2) is 46.9 Å². The lowest BCUT2D eigenvalue weighted by Gasteiger charge is -2.12. The van der Waals surface area contributed by atoms with Gasteiger partial charge in [-0.1, -0.05) is 46.3 Å². The Bertz CT molecular complexity index is 545. The van der Waals surface area contributed by atoms with Crippen molar-refractivity contribution < 1.29 is 9.13 Å². The highest BCUT2D eigenvalue weighted by molar-refractivity contribution is 9.10. The van der Waals surface area contributed by atoms with E-state index in [1.54, 1.807) is 12.1 Å². The zero-order chi connectivity index (χ0) is 13.0. The highest BCUT2D eigenvalue weighted by Crippen LogP contribution is 2.25. The molecule has 0 unspecified atom stereocenters. The van der Waals surface area contributed by atoms with Crippen LogP contribution in [-0.2, 0) is 13.2 Å². The van der Waals surface area contributed by atoms with Crippen molar-refractivity contribution in [3.63, 3.8) is 0 Å². The molecule has 0 saturated carbocycles. The molecule has 2 N–H and O–H groups in total. The third-order valence-corrected chi connectivity index (χ3v) is 3.37. The van der Waals surface area contributed by atoms with E-state index >= 15 is 0 Å². The van der Waals surface area contributed by atoms with Crippen molar-refractivity contribution in [1.82, 2.24) is 0 Å². The second-order valence-corrected chi connectivity index (χ2v) is 4.67. The first-order chi connectivity index (χ1) is 8.72. The molecule has 0 aliphatic heterocycles. The highest BCUT2D eigenvalue weighted by Gasteiger charge is 2.09. The molecule has 0 heterocycles. The van der Waals surface area contributed by atoms with Crippen LogP contribution in [0.1, 0.15) is 11.1 Å². The molecule has 0 aliphatic rings. The van der Waals surface area contributed by atoms with Crippen LogP contribution in [-0.4, -0.2) is 0 Å². The number of rotatable bonds is 4. The molecule has 4 heteroatoms. The van der Waals surface area contributed by atoms with E-state index in [4.69, 9.17) is 10.5 Å². The number of hydrogen-bond acceptors (Lipinski definition) is 2. The molecule has 0 amide bonds. The van der Waals surface area contributed by atoms with Crippen molar-refractivity contribution in [2.24, 2.45) is 5.73 Å². The maximum absolute atomic E-state index is 13.6. The van der Waals surface area contributed by atoms with Crippen molar-refractivity contribution >= 4 is 15.9 Å². The van der Waals surface area contributed by atoms with Gasteiger partial charge in [0.05, 0.1) is 0 Å². The Morgan fingerprint density at radius 1 is 1.06 bits per heavy atom. The third kappa shape index (κ3) is 2.89. The van der Waals surface area contributed by atoms with E-state index in [0.29, 0.717) is 12.2 Å². The van der Waals surface area contributed by atoms with Crippen molar-refractivity contribution in [2.75, 3.05) is 0 Å². The van der Waals surface area contributed by atoms with E-state index in [1.807, 2.05) is 24.3 Å². The second-order valence-electron chi connectivity index (χ2n) is 3.81. The van der Waals surface area contributed by atoms with Gasteiger partial charge in [0, 0.05) is 22.1 Å². The fourth-order valence-electron chi connectivity index (χ4n) is 1.64. The summed E-state index contributed by atoms with van der Waals surface area (Å²) >= 11 is 3.43. The van der Waals surface area contributed by atoms with E-state index in [-0.39, 0.29) is 18.1 Å². The van der Waals surface area contributed by atoms with E-state index in [9.17, 15) is 4.39 Å². The molecule has 2 aromatic rings. The number of ether oxygens (including phenoxy) is 1. The first kappa shape index (κ1) is 13.1. The molecule has 0 atom stereocenters. The summed E-state index contributed by atoms with van der Waals surface area (Å²) in [5.41, 5.74) is 7.19. The topological polar surface area (TPSA) is 35.2 Å². The molecule has 0 bridgehead atoms. The summed E-state index contributed by atoms with van der Waals surface area (Å²) in [5.74, 6) is -0.152. The number of halogens is 2. The summed E-state index contributed by atoms with van der Waals surface area (Å²) in [6.07, 6.45) is 0. The van der Waals surface area contributed by atoms with Gasteiger partial charge in [-0.05, 0) is 12.1 Å². The first-order valence-corrected chi connectivity index (χ1v) is 6.35. The number of para-hydroxylation sites is 1. The molecule has 94 valence electrons. The van der Waals surface area contributed by atoms with Gasteiger partial charge in [-0.25, -0.2) is 4.39 Å². The van der Waals surface area contributed by atoms with Gasteiger partial charge in [0.25, 0.3) is 0 Å². The first-order valence-electron chi connectivity index (χ1n) is 5.56. The maximum Gasteiger partial charge on any atom is 0.165 e. The molecule has 2 nitrogen and oxygen atoms in total. The van der Waals surface area contributed by atoms with Gasteiger partial charge in [-0.3, -0.25) is 0 Å². The summed E-state index contributed by atoms with van der Waals surface area (Å²) < 4.78 is 20.1. The third-order valence-electron chi connectivity index (χ3n) is 2.60. The van der Waals surface area contributed by atoms with Crippen LogP contribution in [0.25, 0.3) is 0 Å². The summed E-state index contributed by atoms with van der Waals surface area (Å²) in [4.78, 5) is 0. The summed E-state index contributed by atoms with van der Waals surface area (Å²) in [6.45, 7) is 0.554. The summed E-state index contributed by atoms with van der Waals surface area (Å²) in [7, 11) is 0. The lowest BCUT2D eigenvalue weighted by atomic mass is 10.2. The average Bonchev–Trinajstić information content (AvgIpc) is 2.39. The minimum absolute atomic E-state index is 0.232. The van der Waals surface area contributed by atoms with Gasteiger partial charge in [-0.2, -0.15) is 0 Å². The smallest absolute Gasteiger partial charge is 0.165 e. The fraction of sp³-hybridized carbons (Fsp3) is 0.143. The predicted molar refractivity (Wildman–Crippen MR) is 72.8 cm³/mol. The van der Waals surface area contributed by atoms with Crippen LogP contribution in [0.2, 0.25) is 0 Å². The van der Waals surface area contributed by atoms with Crippen molar-refractivity contribution in [1.29, 1.82) is 0 Å². The number of hydrogen-bond donors (Lipinski definition) is 1. The Morgan fingerprint density at radius 3 is 2.50 bits per heavy atom. The van der Waals surface area contributed by atoms with Gasteiger partial charge in [0.1, 0.15) is 6.61 Å². The molecule has 2 aromatic carbocycles. The monoisotopic (exact) mass is 309 g/mol. The number of nitrogens with two attached hydrogens (primary N) is 1. The maximum atomic E-state index is 13.6. The largest absolute Gasteiger partial charge is 0.485 e. The van der Waals surface area contributed by atoms with Gasteiger partial charge in [0.15, 0.2) is 11.6 Å². The normalized spacial score (nSPS) is 10.4. The van der Waals surface area contributed by atoms with E-state index in [0.717, 1.165) is 10.0 Å². The Kier molecular flexibility index (Phi) is 4.33. The zero-order valence-electron chi connectivity index (χ0n) is 9.70. The van der Waals surface area contributed by atoms with Gasteiger partial charge < -0.3 is 10.5 Å². The van der Waals surface area contributed by atoms with Crippen LogP contribution >= 0.6 is 15.9 Å². The summed E-state index contributed by atoms with van der Waals surface area (Å²) in [6, 6.07) is 12.4. The van der Waals surface area contributed by atoms with Gasteiger partial charge in [0.2, 0.25) is 0 Å². The van der Waals surface area contributed by atoms with Gasteiger partial charge >= 0.3 is 0 Å². The Balaban J connectivity index is 2.18. The lowest BCUT2D eigenvalue weighted by molar-refractivity contribution is 0.286. The number of benzene rings is 2. The molecule has 0 aliphatic carbocycles. The quantitative estimate of drug-likeness (QED) is 0.936. The second kappa shape index (κ2) is 5.98. The molecule has 0 spiro atoms. The molecule has 0 fully saturated rings. The van der Waals surface area contributed by atoms with Crippen LogP contribution in [0.5, 0.6) is 5.75 Å². The molecule has 0 radical (unpaired) electrons. The molecule has 0 saturated heterocycles. The predicted octanol–water partition coefficient (Wildman–Crippen LogP) is 3.63. The Hall–Kier alpha value is -1.39. The SMILES string of the molecule is NCc1cccc(F)c1OCc1ccccc1Br. The standard InChI is InChI=1S/C14H13BrFNO/c15-12-6-2-1-4-11(12)9-18-14-10(8-17)5-3-7-13(14)16/h1-7H,8-9,17H2. The highest BCUT2D eigenvalue weighted by atomic mass is 79.9. The average molecular weight is 310 g/mol. The molecular weight excluding hydrogens is 297 g/mol. The van der Waals surface area contributed by atoms with Crippen LogP contribution in [0.4, 0.5) is 4.39 Å². The fourth-order valence-corrected chi connectivity index (χ4v) is 2.04. The van der Waals surface area contributed by atoms with Crippen molar-refractivity contribution in [3.8, 4) is 5.75 Å². The minimum Gasteiger partial charge on any atom is -0.485 e. The Morgan fingerprint density at radius 2 is 1.78 bits per heavy atom. The summed E-state index contributed by atoms with van der Waals surface area (Å²) in [5, 5.41) is 0. The van der Waals surface area contributed by atoms with Crippen LogP contribution < -0.4 is 10.5 Å². The van der Waals surface area contributed by atoms with Gasteiger partial charge in [-0.15, -0.1) is 0 Å². The minimum atomic E-state index is -0.384.